The van der Waals surface area contributed by atoms with Gasteiger partial charge in [-0.05, 0) is 39.9 Å². The lowest BCUT2D eigenvalue weighted by atomic mass is 9.87. The molecule has 0 amide bonds. The molecular weight excluding hydrogens is 206 g/mol. The van der Waals surface area contributed by atoms with Crippen molar-refractivity contribution >= 4 is 17.1 Å². The Kier molecular flexibility index (Phi) is 2.94. The van der Waals surface area contributed by atoms with Crippen molar-refractivity contribution in [2.24, 2.45) is 5.92 Å². The molecule has 82 valence electrons. The second kappa shape index (κ2) is 4.06. The van der Waals surface area contributed by atoms with Gasteiger partial charge in [-0.2, -0.15) is 0 Å². The van der Waals surface area contributed by atoms with Crippen molar-refractivity contribution in [1.29, 1.82) is 0 Å². The molecule has 1 unspecified atom stereocenters. The van der Waals surface area contributed by atoms with E-state index in [0.29, 0.717) is 5.78 Å². The van der Waals surface area contributed by atoms with Crippen LogP contribution >= 0.6 is 11.3 Å². The fourth-order valence-electron chi connectivity index (χ4n) is 2.23. The molecule has 0 saturated heterocycles. The molecule has 0 bridgehead atoms. The molecule has 3 heteroatoms. The van der Waals surface area contributed by atoms with Gasteiger partial charge in [-0.3, -0.25) is 4.79 Å². The molecule has 0 saturated carbocycles. The third kappa shape index (κ3) is 2.13. The van der Waals surface area contributed by atoms with Crippen LogP contribution in [0.5, 0.6) is 0 Å². The van der Waals surface area contributed by atoms with Gasteiger partial charge in [0.1, 0.15) is 0 Å². The summed E-state index contributed by atoms with van der Waals surface area (Å²) in [6.45, 7) is 2.96. The van der Waals surface area contributed by atoms with Crippen molar-refractivity contribution in [3.63, 3.8) is 0 Å². The second-order valence-electron chi connectivity index (χ2n) is 4.56. The maximum absolute atomic E-state index is 12.1. The van der Waals surface area contributed by atoms with Gasteiger partial charge in [0.15, 0.2) is 5.78 Å². The van der Waals surface area contributed by atoms with Gasteiger partial charge in [-0.15, -0.1) is 11.3 Å². The van der Waals surface area contributed by atoms with Gasteiger partial charge in [-0.1, -0.05) is 0 Å². The van der Waals surface area contributed by atoms with Crippen LogP contribution < -0.4 is 0 Å². The number of carbonyl (C=O) groups excluding carboxylic acids is 1. The fourth-order valence-corrected chi connectivity index (χ4v) is 3.28. The minimum absolute atomic E-state index is 0.210. The summed E-state index contributed by atoms with van der Waals surface area (Å²) < 4.78 is 0. The van der Waals surface area contributed by atoms with Crippen LogP contribution in [0.4, 0.5) is 0 Å². The normalized spacial score (nSPS) is 20.8. The van der Waals surface area contributed by atoms with E-state index in [4.69, 9.17) is 0 Å². The summed E-state index contributed by atoms with van der Waals surface area (Å²) in [4.78, 5) is 16.8. The SMILES string of the molecule is Cc1cc2c(s1)CCC(CN(C)C)C2=O. The quantitative estimate of drug-likeness (QED) is 0.767. The Hall–Kier alpha value is -0.670. The summed E-state index contributed by atoms with van der Waals surface area (Å²) in [5.74, 6) is 0.566. The molecule has 1 aliphatic carbocycles. The average molecular weight is 223 g/mol. The lowest BCUT2D eigenvalue weighted by Crippen LogP contribution is -2.31. The summed E-state index contributed by atoms with van der Waals surface area (Å²) in [6.07, 6.45) is 2.10. The topological polar surface area (TPSA) is 20.3 Å². The van der Waals surface area contributed by atoms with Gasteiger partial charge in [0.25, 0.3) is 0 Å². The highest BCUT2D eigenvalue weighted by Crippen LogP contribution is 2.32. The second-order valence-corrected chi connectivity index (χ2v) is 5.90. The average Bonchev–Trinajstić information content (AvgIpc) is 2.51. The summed E-state index contributed by atoms with van der Waals surface area (Å²) in [6, 6.07) is 2.06. The van der Waals surface area contributed by atoms with Crippen LogP contribution in [-0.4, -0.2) is 31.3 Å². The largest absolute Gasteiger partial charge is 0.309 e. The van der Waals surface area contributed by atoms with E-state index >= 15 is 0 Å². The molecule has 0 spiro atoms. The number of ketones is 1. The zero-order valence-electron chi connectivity index (χ0n) is 9.54. The summed E-state index contributed by atoms with van der Waals surface area (Å²) in [5.41, 5.74) is 0.996. The third-order valence-corrected chi connectivity index (χ3v) is 3.98. The van der Waals surface area contributed by atoms with Crippen LogP contribution in [0.1, 0.15) is 26.5 Å². The minimum atomic E-state index is 0.210. The minimum Gasteiger partial charge on any atom is -0.309 e. The first kappa shape index (κ1) is 10.8. The van der Waals surface area contributed by atoms with Crippen LogP contribution in [0.3, 0.4) is 0 Å². The first-order valence-electron chi connectivity index (χ1n) is 5.36. The Bertz CT molecular complexity index is 381. The number of rotatable bonds is 2. The Morgan fingerprint density at radius 2 is 2.27 bits per heavy atom. The maximum atomic E-state index is 12.1. The van der Waals surface area contributed by atoms with Gasteiger partial charge in [-0.25, -0.2) is 0 Å². The molecular formula is C12H17NOS. The molecule has 0 N–H and O–H groups in total. The predicted octanol–water partition coefficient (Wildman–Crippen LogP) is 2.36. The summed E-state index contributed by atoms with van der Waals surface area (Å²) in [5, 5.41) is 0. The predicted molar refractivity (Wildman–Crippen MR) is 63.8 cm³/mol. The summed E-state index contributed by atoms with van der Waals surface area (Å²) in [7, 11) is 4.06. The van der Waals surface area contributed by atoms with Crippen LogP contribution in [0, 0.1) is 12.8 Å². The lowest BCUT2D eigenvalue weighted by Gasteiger charge is -2.23. The highest BCUT2D eigenvalue weighted by atomic mass is 32.1. The van der Waals surface area contributed by atoms with Crippen molar-refractivity contribution < 1.29 is 4.79 Å². The zero-order valence-corrected chi connectivity index (χ0v) is 10.4. The molecule has 2 rings (SSSR count). The van der Waals surface area contributed by atoms with Gasteiger partial charge >= 0.3 is 0 Å². The monoisotopic (exact) mass is 223 g/mol. The molecule has 1 heterocycles. The Balaban J connectivity index is 2.21. The number of nitrogens with zero attached hydrogens (tertiary/aromatic N) is 1. The van der Waals surface area contributed by atoms with Crippen molar-refractivity contribution in [2.45, 2.75) is 19.8 Å². The molecule has 0 aromatic carbocycles. The van der Waals surface area contributed by atoms with E-state index in [2.05, 4.69) is 17.9 Å². The number of thiophene rings is 1. The van der Waals surface area contributed by atoms with Crippen LogP contribution in [0.25, 0.3) is 0 Å². The fraction of sp³-hybridized carbons (Fsp3) is 0.583. The number of Topliss-reactive ketones (excluding diaryl/α,β-unsaturated/α-hetero) is 1. The van der Waals surface area contributed by atoms with Crippen molar-refractivity contribution in [3.8, 4) is 0 Å². The molecule has 15 heavy (non-hydrogen) atoms. The van der Waals surface area contributed by atoms with E-state index in [9.17, 15) is 4.79 Å². The number of carbonyl (C=O) groups is 1. The van der Waals surface area contributed by atoms with Gasteiger partial charge in [0.2, 0.25) is 0 Å². The first-order chi connectivity index (χ1) is 7.08. The van der Waals surface area contributed by atoms with Crippen LogP contribution in [0.15, 0.2) is 6.07 Å². The van der Waals surface area contributed by atoms with Crippen molar-refractivity contribution in [1.82, 2.24) is 4.90 Å². The highest BCUT2D eigenvalue weighted by molar-refractivity contribution is 7.12. The van der Waals surface area contributed by atoms with E-state index in [1.165, 1.54) is 9.75 Å². The Morgan fingerprint density at radius 1 is 1.53 bits per heavy atom. The summed E-state index contributed by atoms with van der Waals surface area (Å²) >= 11 is 1.78. The number of fused-ring (bicyclic) bond motifs is 1. The molecule has 1 aliphatic rings. The lowest BCUT2D eigenvalue weighted by molar-refractivity contribution is 0.0879. The molecule has 1 aromatic rings. The van der Waals surface area contributed by atoms with Crippen LogP contribution in [-0.2, 0) is 6.42 Å². The van der Waals surface area contributed by atoms with E-state index in [0.717, 1.165) is 24.9 Å². The van der Waals surface area contributed by atoms with Crippen molar-refractivity contribution in [2.75, 3.05) is 20.6 Å². The molecule has 1 aromatic heterocycles. The van der Waals surface area contributed by atoms with Gasteiger partial charge < -0.3 is 4.90 Å². The van der Waals surface area contributed by atoms with Gasteiger partial charge in [0.05, 0.1) is 0 Å². The maximum Gasteiger partial charge on any atom is 0.168 e. The third-order valence-electron chi connectivity index (χ3n) is 2.87. The van der Waals surface area contributed by atoms with E-state index in [-0.39, 0.29) is 5.92 Å². The van der Waals surface area contributed by atoms with E-state index in [1.807, 2.05) is 14.1 Å². The molecule has 0 radical (unpaired) electrons. The number of hydrogen-bond acceptors (Lipinski definition) is 3. The molecule has 1 atom stereocenters. The van der Waals surface area contributed by atoms with Crippen molar-refractivity contribution in [3.05, 3.63) is 21.4 Å². The van der Waals surface area contributed by atoms with Gasteiger partial charge in [0, 0.05) is 27.8 Å². The van der Waals surface area contributed by atoms with E-state index in [1.54, 1.807) is 11.3 Å². The molecule has 0 fully saturated rings. The smallest absolute Gasteiger partial charge is 0.168 e. The highest BCUT2D eigenvalue weighted by Gasteiger charge is 2.28. The molecule has 0 aliphatic heterocycles. The Morgan fingerprint density at radius 3 is 2.93 bits per heavy atom. The standard InChI is InChI=1S/C12H17NOS/c1-8-6-10-11(15-8)5-4-9(12(10)14)7-13(2)3/h6,9H,4-5,7H2,1-3H3. The first-order valence-corrected chi connectivity index (χ1v) is 6.18. The van der Waals surface area contributed by atoms with Crippen LogP contribution in [0.2, 0.25) is 0 Å². The molecule has 2 nitrogen and oxygen atoms in total. The zero-order chi connectivity index (χ0) is 11.0. The van der Waals surface area contributed by atoms with E-state index < -0.39 is 0 Å². The number of aryl methyl sites for hydroxylation is 2. The number of hydrogen-bond donors (Lipinski definition) is 0. The Labute approximate surface area is 94.9 Å².